The fraction of sp³-hybridized carbons (Fsp3) is 0.350. The van der Waals surface area contributed by atoms with Crippen molar-refractivity contribution in [3.05, 3.63) is 64.0 Å². The summed E-state index contributed by atoms with van der Waals surface area (Å²) in [5.74, 6) is 1.30. The van der Waals surface area contributed by atoms with Crippen LogP contribution in [0, 0.1) is 17.0 Å². The predicted molar refractivity (Wildman–Crippen MR) is 103 cm³/mol. The first-order chi connectivity index (χ1) is 13.1. The molecule has 0 saturated carbocycles. The normalized spacial score (nSPS) is 17.4. The zero-order valence-corrected chi connectivity index (χ0v) is 15.2. The van der Waals surface area contributed by atoms with E-state index in [4.69, 9.17) is 9.72 Å². The smallest absolute Gasteiger partial charge is 0.310 e. The molecule has 7 heteroatoms. The molecule has 4 rings (SSSR count). The highest BCUT2D eigenvalue weighted by Crippen LogP contribution is 2.31. The molecule has 1 aliphatic heterocycles. The van der Waals surface area contributed by atoms with Gasteiger partial charge in [-0.25, -0.2) is 4.98 Å². The number of ether oxygens (including phenoxy) is 1. The number of aromatic amines is 1. The number of H-pyrrole nitrogens is 1. The summed E-state index contributed by atoms with van der Waals surface area (Å²) in [6.07, 6.45) is 2.15. The van der Waals surface area contributed by atoms with Crippen LogP contribution < -0.4 is 4.74 Å². The van der Waals surface area contributed by atoms with E-state index in [0.717, 1.165) is 36.2 Å². The number of nitro groups is 1. The summed E-state index contributed by atoms with van der Waals surface area (Å²) in [4.78, 5) is 21.2. The van der Waals surface area contributed by atoms with Gasteiger partial charge in [-0.15, -0.1) is 0 Å². The van der Waals surface area contributed by atoms with Gasteiger partial charge in [0.2, 0.25) is 0 Å². The molecule has 0 spiro atoms. The number of nitrogens with zero attached hydrogens (tertiary/aromatic N) is 3. The second kappa shape index (κ2) is 7.36. The largest absolute Gasteiger partial charge is 0.485 e. The molecule has 2 heterocycles. The van der Waals surface area contributed by atoms with E-state index >= 15 is 0 Å². The fourth-order valence-corrected chi connectivity index (χ4v) is 3.71. The lowest BCUT2D eigenvalue weighted by Gasteiger charge is -2.22. The standard InChI is InChI=1S/C20H22N4O3/c1-14-8-9-15-16(13-14)22-20(21-15)18-6-4-10-23(18)11-12-27-19-7-3-2-5-17(19)24(25)26/h2-3,5,7-9,13,18H,4,6,10-12H2,1H3,(H,21,22)/t18-/m1/s1. The minimum absolute atomic E-state index is 0.00289. The Morgan fingerprint density at radius 3 is 3.04 bits per heavy atom. The molecule has 0 aliphatic carbocycles. The Hall–Kier alpha value is -2.93. The third-order valence-electron chi connectivity index (χ3n) is 5.03. The van der Waals surface area contributed by atoms with Crippen molar-refractivity contribution in [2.45, 2.75) is 25.8 Å². The van der Waals surface area contributed by atoms with Crippen LogP contribution in [0.15, 0.2) is 42.5 Å². The number of rotatable bonds is 6. The van der Waals surface area contributed by atoms with Gasteiger partial charge < -0.3 is 9.72 Å². The number of benzene rings is 2. The molecule has 1 aromatic heterocycles. The van der Waals surface area contributed by atoms with Crippen LogP contribution in [0.3, 0.4) is 0 Å². The van der Waals surface area contributed by atoms with E-state index in [9.17, 15) is 10.1 Å². The zero-order valence-electron chi connectivity index (χ0n) is 15.2. The summed E-state index contributed by atoms with van der Waals surface area (Å²) in [6, 6.07) is 12.9. The monoisotopic (exact) mass is 366 g/mol. The van der Waals surface area contributed by atoms with E-state index in [1.807, 2.05) is 6.07 Å². The number of hydrogen-bond acceptors (Lipinski definition) is 5. The molecular weight excluding hydrogens is 344 g/mol. The van der Waals surface area contributed by atoms with E-state index < -0.39 is 4.92 Å². The summed E-state index contributed by atoms with van der Waals surface area (Å²) in [5, 5.41) is 11.1. The van der Waals surface area contributed by atoms with Crippen LogP contribution in [0.1, 0.15) is 30.3 Å². The Labute approximate surface area is 157 Å². The summed E-state index contributed by atoms with van der Waals surface area (Å²) in [6.45, 7) is 4.15. The van der Waals surface area contributed by atoms with Crippen LogP contribution in [0.2, 0.25) is 0 Å². The van der Waals surface area contributed by atoms with Crippen molar-refractivity contribution in [1.82, 2.24) is 14.9 Å². The third kappa shape index (κ3) is 3.64. The van der Waals surface area contributed by atoms with Gasteiger partial charge >= 0.3 is 5.69 Å². The van der Waals surface area contributed by atoms with Gasteiger partial charge in [-0.05, 0) is 50.1 Å². The first-order valence-corrected chi connectivity index (χ1v) is 9.18. The molecule has 1 fully saturated rings. The predicted octanol–water partition coefficient (Wildman–Crippen LogP) is 4.00. The van der Waals surface area contributed by atoms with E-state index in [0.29, 0.717) is 18.9 Å². The van der Waals surface area contributed by atoms with Crippen molar-refractivity contribution in [1.29, 1.82) is 0 Å². The Bertz CT molecular complexity index is 969. The molecule has 3 aromatic rings. The van der Waals surface area contributed by atoms with Crippen molar-refractivity contribution >= 4 is 16.7 Å². The maximum Gasteiger partial charge on any atom is 0.310 e. The van der Waals surface area contributed by atoms with Crippen LogP contribution in [0.25, 0.3) is 11.0 Å². The number of fused-ring (bicyclic) bond motifs is 1. The lowest BCUT2D eigenvalue weighted by Crippen LogP contribution is -2.28. The Morgan fingerprint density at radius 1 is 1.33 bits per heavy atom. The van der Waals surface area contributed by atoms with Crippen LogP contribution in [0.5, 0.6) is 5.75 Å². The first-order valence-electron chi connectivity index (χ1n) is 9.18. The summed E-state index contributed by atoms with van der Waals surface area (Å²) >= 11 is 0. The van der Waals surface area contributed by atoms with E-state index in [1.165, 1.54) is 11.6 Å². The number of nitro benzene ring substituents is 1. The second-order valence-corrected chi connectivity index (χ2v) is 6.91. The second-order valence-electron chi connectivity index (χ2n) is 6.91. The molecule has 0 bridgehead atoms. The Balaban J connectivity index is 1.43. The molecule has 0 radical (unpaired) electrons. The molecule has 0 unspecified atom stereocenters. The molecule has 7 nitrogen and oxygen atoms in total. The van der Waals surface area contributed by atoms with E-state index in [1.54, 1.807) is 18.2 Å². The summed E-state index contributed by atoms with van der Waals surface area (Å²) < 4.78 is 5.71. The number of aromatic nitrogens is 2. The molecule has 1 N–H and O–H groups in total. The van der Waals surface area contributed by atoms with Crippen molar-refractivity contribution < 1.29 is 9.66 Å². The number of imidazole rings is 1. The summed E-state index contributed by atoms with van der Waals surface area (Å²) in [7, 11) is 0. The van der Waals surface area contributed by atoms with Crippen LogP contribution in [-0.4, -0.2) is 39.5 Å². The minimum atomic E-state index is -0.412. The molecule has 140 valence electrons. The van der Waals surface area contributed by atoms with Gasteiger partial charge in [0.1, 0.15) is 12.4 Å². The lowest BCUT2D eigenvalue weighted by atomic mass is 10.2. The average molecular weight is 366 g/mol. The van der Waals surface area contributed by atoms with Crippen molar-refractivity contribution in [2.24, 2.45) is 0 Å². The van der Waals surface area contributed by atoms with Gasteiger partial charge in [-0.2, -0.15) is 0 Å². The molecule has 2 aromatic carbocycles. The average Bonchev–Trinajstić information content (AvgIpc) is 3.28. The van der Waals surface area contributed by atoms with Gasteiger partial charge in [0.15, 0.2) is 5.75 Å². The topological polar surface area (TPSA) is 84.3 Å². The van der Waals surface area contributed by atoms with Crippen LogP contribution in [-0.2, 0) is 0 Å². The van der Waals surface area contributed by atoms with Crippen molar-refractivity contribution in [3.63, 3.8) is 0 Å². The Morgan fingerprint density at radius 2 is 2.19 bits per heavy atom. The summed E-state index contributed by atoms with van der Waals surface area (Å²) in [5.41, 5.74) is 3.26. The molecule has 1 aliphatic rings. The highest BCUT2D eigenvalue weighted by atomic mass is 16.6. The van der Waals surface area contributed by atoms with Gasteiger partial charge in [-0.3, -0.25) is 15.0 Å². The molecular formula is C20H22N4O3. The molecule has 0 amide bonds. The SMILES string of the molecule is Cc1ccc2nc([C@H]3CCCN3CCOc3ccccc3[N+](=O)[O-])[nH]c2c1. The van der Waals surface area contributed by atoms with Crippen molar-refractivity contribution in [2.75, 3.05) is 19.7 Å². The Kier molecular flexibility index (Phi) is 4.77. The van der Waals surface area contributed by atoms with Gasteiger partial charge in [-0.1, -0.05) is 18.2 Å². The van der Waals surface area contributed by atoms with Gasteiger partial charge in [0.05, 0.1) is 22.0 Å². The number of para-hydroxylation sites is 2. The lowest BCUT2D eigenvalue weighted by molar-refractivity contribution is -0.385. The maximum atomic E-state index is 11.1. The first kappa shape index (κ1) is 17.5. The van der Waals surface area contributed by atoms with Crippen molar-refractivity contribution in [3.8, 4) is 5.75 Å². The molecule has 1 saturated heterocycles. The maximum absolute atomic E-state index is 11.1. The van der Waals surface area contributed by atoms with Crippen LogP contribution in [0.4, 0.5) is 5.69 Å². The van der Waals surface area contributed by atoms with Crippen LogP contribution >= 0.6 is 0 Å². The quantitative estimate of drug-likeness (QED) is 0.527. The van der Waals surface area contributed by atoms with Gasteiger partial charge in [0, 0.05) is 12.6 Å². The van der Waals surface area contributed by atoms with Gasteiger partial charge in [0.25, 0.3) is 0 Å². The number of likely N-dealkylation sites (tertiary alicyclic amines) is 1. The molecule has 27 heavy (non-hydrogen) atoms. The number of aryl methyl sites for hydroxylation is 1. The number of nitrogens with one attached hydrogen (secondary N) is 1. The third-order valence-corrected chi connectivity index (χ3v) is 5.03. The minimum Gasteiger partial charge on any atom is -0.485 e. The highest BCUT2D eigenvalue weighted by Gasteiger charge is 2.28. The van der Waals surface area contributed by atoms with E-state index in [2.05, 4.69) is 28.9 Å². The molecule has 1 atom stereocenters. The van der Waals surface area contributed by atoms with E-state index in [-0.39, 0.29) is 11.7 Å². The zero-order chi connectivity index (χ0) is 18.8. The highest BCUT2D eigenvalue weighted by molar-refractivity contribution is 5.75. The fourth-order valence-electron chi connectivity index (χ4n) is 3.71. The number of hydrogen-bond donors (Lipinski definition) is 1.